The lowest BCUT2D eigenvalue weighted by Gasteiger charge is -2.37. The van der Waals surface area contributed by atoms with Crippen molar-refractivity contribution >= 4 is 43.3 Å². The highest BCUT2D eigenvalue weighted by Gasteiger charge is 2.26. The molecular formula is C13H16BrN3OS. The molecule has 4 nitrogen and oxygen atoms in total. The Morgan fingerprint density at radius 1 is 1.47 bits per heavy atom. The maximum Gasteiger partial charge on any atom is 0.140 e. The third-order valence-electron chi connectivity index (χ3n) is 3.23. The minimum atomic E-state index is 0.216. The van der Waals surface area contributed by atoms with Crippen molar-refractivity contribution in [1.82, 2.24) is 9.97 Å². The Labute approximate surface area is 124 Å². The van der Waals surface area contributed by atoms with Crippen molar-refractivity contribution < 1.29 is 4.74 Å². The lowest BCUT2D eigenvalue weighted by atomic mass is 10.2. The lowest BCUT2D eigenvalue weighted by molar-refractivity contribution is -0.00214. The standard InChI is InChI=1S/C13H16BrN3OS/c1-8-5-17(6-10(4-14)18-8)12-11-3-9(2)19-13(11)16-7-15-12/h3,7-8,10H,4-6H2,1-2H3. The van der Waals surface area contributed by atoms with Gasteiger partial charge in [-0.1, -0.05) is 15.9 Å². The van der Waals surface area contributed by atoms with Crippen molar-refractivity contribution in [2.75, 3.05) is 23.3 Å². The van der Waals surface area contributed by atoms with Crippen LogP contribution in [0.5, 0.6) is 0 Å². The van der Waals surface area contributed by atoms with E-state index in [4.69, 9.17) is 4.74 Å². The first kappa shape index (κ1) is 13.3. The Balaban J connectivity index is 1.98. The SMILES string of the molecule is Cc1cc2c(N3CC(C)OC(CBr)C3)ncnc2s1. The summed E-state index contributed by atoms with van der Waals surface area (Å²) in [4.78, 5) is 13.5. The van der Waals surface area contributed by atoms with Crippen molar-refractivity contribution in [3.63, 3.8) is 0 Å². The molecule has 19 heavy (non-hydrogen) atoms. The van der Waals surface area contributed by atoms with Gasteiger partial charge in [-0.25, -0.2) is 9.97 Å². The molecule has 0 radical (unpaired) electrons. The van der Waals surface area contributed by atoms with Crippen LogP contribution in [0.2, 0.25) is 0 Å². The minimum absolute atomic E-state index is 0.216. The molecule has 1 saturated heterocycles. The van der Waals surface area contributed by atoms with Crippen LogP contribution in [0.3, 0.4) is 0 Å². The van der Waals surface area contributed by atoms with E-state index in [0.29, 0.717) is 0 Å². The summed E-state index contributed by atoms with van der Waals surface area (Å²) in [5.74, 6) is 1.04. The van der Waals surface area contributed by atoms with Gasteiger partial charge >= 0.3 is 0 Å². The van der Waals surface area contributed by atoms with Crippen molar-refractivity contribution in [1.29, 1.82) is 0 Å². The van der Waals surface area contributed by atoms with Crippen LogP contribution in [0.1, 0.15) is 11.8 Å². The largest absolute Gasteiger partial charge is 0.371 e. The average Bonchev–Trinajstić information content (AvgIpc) is 2.77. The summed E-state index contributed by atoms with van der Waals surface area (Å²) in [7, 11) is 0. The number of aryl methyl sites for hydroxylation is 1. The number of alkyl halides is 1. The first-order chi connectivity index (χ1) is 9.17. The molecule has 0 N–H and O–H groups in total. The highest BCUT2D eigenvalue weighted by atomic mass is 79.9. The molecule has 0 aliphatic carbocycles. The minimum Gasteiger partial charge on any atom is -0.371 e. The smallest absolute Gasteiger partial charge is 0.140 e. The lowest BCUT2D eigenvalue weighted by Crippen LogP contribution is -2.47. The van der Waals surface area contributed by atoms with E-state index in [1.165, 1.54) is 4.88 Å². The molecule has 1 fully saturated rings. The van der Waals surface area contributed by atoms with Gasteiger partial charge < -0.3 is 9.64 Å². The summed E-state index contributed by atoms with van der Waals surface area (Å²) < 4.78 is 5.88. The molecule has 6 heteroatoms. The van der Waals surface area contributed by atoms with E-state index >= 15 is 0 Å². The second-order valence-electron chi connectivity index (χ2n) is 4.90. The summed E-state index contributed by atoms with van der Waals surface area (Å²) in [5.41, 5.74) is 0. The molecule has 102 valence electrons. The summed E-state index contributed by atoms with van der Waals surface area (Å²) in [6.45, 7) is 5.97. The summed E-state index contributed by atoms with van der Waals surface area (Å²) in [6.07, 6.45) is 2.10. The fraction of sp³-hybridized carbons (Fsp3) is 0.538. The molecule has 0 spiro atoms. The second-order valence-corrected chi connectivity index (χ2v) is 6.78. The number of rotatable bonds is 2. The number of morpholine rings is 1. The van der Waals surface area contributed by atoms with E-state index in [1.54, 1.807) is 17.7 Å². The van der Waals surface area contributed by atoms with E-state index in [9.17, 15) is 0 Å². The molecule has 2 aromatic rings. The summed E-state index contributed by atoms with van der Waals surface area (Å²) in [6, 6.07) is 2.18. The molecule has 1 aliphatic heterocycles. The molecule has 2 aromatic heterocycles. The second kappa shape index (κ2) is 5.34. The topological polar surface area (TPSA) is 38.2 Å². The Bertz CT molecular complexity index is 588. The normalized spacial score (nSPS) is 24.1. The molecule has 3 heterocycles. The van der Waals surface area contributed by atoms with Crippen molar-refractivity contribution in [3.05, 3.63) is 17.3 Å². The molecule has 2 atom stereocenters. The third kappa shape index (κ3) is 2.61. The van der Waals surface area contributed by atoms with Gasteiger partial charge in [0.15, 0.2) is 0 Å². The van der Waals surface area contributed by atoms with E-state index in [-0.39, 0.29) is 12.2 Å². The Morgan fingerprint density at radius 3 is 3.11 bits per heavy atom. The molecule has 0 aromatic carbocycles. The van der Waals surface area contributed by atoms with Crippen LogP contribution in [0.15, 0.2) is 12.4 Å². The highest BCUT2D eigenvalue weighted by Crippen LogP contribution is 2.31. The predicted molar refractivity (Wildman–Crippen MR) is 82.5 cm³/mol. The number of fused-ring (bicyclic) bond motifs is 1. The fourth-order valence-electron chi connectivity index (χ4n) is 2.52. The van der Waals surface area contributed by atoms with Crippen LogP contribution in [0.4, 0.5) is 5.82 Å². The molecular weight excluding hydrogens is 326 g/mol. The number of aromatic nitrogens is 2. The molecule has 3 rings (SSSR count). The molecule has 2 unspecified atom stereocenters. The Hall–Kier alpha value is -0.720. The van der Waals surface area contributed by atoms with Gasteiger partial charge in [0.05, 0.1) is 17.6 Å². The van der Waals surface area contributed by atoms with Crippen molar-refractivity contribution in [2.45, 2.75) is 26.1 Å². The van der Waals surface area contributed by atoms with Crippen LogP contribution in [-0.2, 0) is 4.74 Å². The Morgan fingerprint density at radius 2 is 2.32 bits per heavy atom. The molecule has 1 aliphatic rings. The summed E-state index contributed by atoms with van der Waals surface area (Å²) in [5, 5.41) is 2.01. The van der Waals surface area contributed by atoms with Crippen LogP contribution in [0.25, 0.3) is 10.2 Å². The van der Waals surface area contributed by atoms with Gasteiger partial charge in [0, 0.05) is 23.3 Å². The van der Waals surface area contributed by atoms with Crippen molar-refractivity contribution in [2.24, 2.45) is 0 Å². The number of hydrogen-bond donors (Lipinski definition) is 0. The van der Waals surface area contributed by atoms with Gasteiger partial charge in [-0.15, -0.1) is 11.3 Å². The van der Waals surface area contributed by atoms with E-state index in [2.05, 4.69) is 50.7 Å². The maximum absolute atomic E-state index is 5.88. The first-order valence-electron chi connectivity index (χ1n) is 6.35. The number of ether oxygens (including phenoxy) is 1. The van der Waals surface area contributed by atoms with E-state index in [0.717, 1.165) is 34.5 Å². The number of halogens is 1. The number of nitrogens with zero attached hydrogens (tertiary/aromatic N) is 3. The van der Waals surface area contributed by atoms with Gasteiger partial charge in [-0.3, -0.25) is 0 Å². The Kier molecular flexibility index (Phi) is 3.73. The van der Waals surface area contributed by atoms with Gasteiger partial charge in [-0.2, -0.15) is 0 Å². The average molecular weight is 342 g/mol. The third-order valence-corrected chi connectivity index (χ3v) is 4.91. The monoisotopic (exact) mass is 341 g/mol. The van der Waals surface area contributed by atoms with Crippen LogP contribution >= 0.6 is 27.3 Å². The van der Waals surface area contributed by atoms with Crippen LogP contribution in [-0.4, -0.2) is 40.6 Å². The quantitative estimate of drug-likeness (QED) is 0.787. The van der Waals surface area contributed by atoms with E-state index in [1.807, 2.05) is 0 Å². The highest BCUT2D eigenvalue weighted by molar-refractivity contribution is 9.09. The number of hydrogen-bond acceptors (Lipinski definition) is 5. The van der Waals surface area contributed by atoms with Gasteiger partial charge in [-0.05, 0) is 19.9 Å². The van der Waals surface area contributed by atoms with Crippen LogP contribution in [0, 0.1) is 6.92 Å². The molecule has 0 saturated carbocycles. The zero-order chi connectivity index (χ0) is 13.4. The molecule has 0 amide bonds. The van der Waals surface area contributed by atoms with Gasteiger partial charge in [0.2, 0.25) is 0 Å². The van der Waals surface area contributed by atoms with Crippen molar-refractivity contribution in [3.8, 4) is 0 Å². The number of thiophene rings is 1. The maximum atomic E-state index is 5.88. The zero-order valence-electron chi connectivity index (χ0n) is 11.0. The molecule has 0 bridgehead atoms. The van der Waals surface area contributed by atoms with Gasteiger partial charge in [0.25, 0.3) is 0 Å². The zero-order valence-corrected chi connectivity index (χ0v) is 13.4. The van der Waals surface area contributed by atoms with E-state index < -0.39 is 0 Å². The first-order valence-corrected chi connectivity index (χ1v) is 8.28. The predicted octanol–water partition coefficient (Wildman–Crippen LogP) is 2.99. The van der Waals surface area contributed by atoms with Gasteiger partial charge in [0.1, 0.15) is 17.0 Å². The fourth-order valence-corrected chi connectivity index (χ4v) is 3.72. The summed E-state index contributed by atoms with van der Waals surface area (Å²) >= 11 is 5.23. The number of anilines is 1. The van der Waals surface area contributed by atoms with Crippen LogP contribution < -0.4 is 4.90 Å².